The van der Waals surface area contributed by atoms with E-state index in [0.717, 1.165) is 0 Å². The van der Waals surface area contributed by atoms with Crippen molar-refractivity contribution in [3.63, 3.8) is 0 Å². The van der Waals surface area contributed by atoms with Crippen LogP contribution in [0.1, 0.15) is 17.9 Å². The lowest BCUT2D eigenvalue weighted by atomic mass is 9.96. The Hall–Kier alpha value is -2.08. The quantitative estimate of drug-likeness (QED) is 0.616. The molecule has 4 N–H and O–H groups in total. The normalized spacial score (nSPS) is 12.8. The minimum absolute atomic E-state index is 0.148. The molecule has 1 aromatic carbocycles. The maximum absolute atomic E-state index is 11.1. The largest absolute Gasteiger partial charge is 0.481 e. The van der Waals surface area contributed by atoms with Gasteiger partial charge in [-0.1, -0.05) is 6.07 Å². The first-order chi connectivity index (χ1) is 8.11. The van der Waals surface area contributed by atoms with Gasteiger partial charge in [-0.15, -0.1) is 0 Å². The summed E-state index contributed by atoms with van der Waals surface area (Å²) >= 11 is 0. The number of aliphatic carboxylic acids is 1. The molecule has 1 heterocycles. The molecular weight excluding hydrogens is 224 g/mol. The van der Waals surface area contributed by atoms with Gasteiger partial charge in [0.05, 0.1) is 17.0 Å². The summed E-state index contributed by atoms with van der Waals surface area (Å²) in [6.07, 6.45) is 0.148. The summed E-state index contributed by atoms with van der Waals surface area (Å²) in [7, 11) is 0. The molecule has 6 nitrogen and oxygen atoms in total. The molecule has 0 saturated carbocycles. The van der Waals surface area contributed by atoms with Gasteiger partial charge in [0.1, 0.15) is 0 Å². The third-order valence-electron chi connectivity index (χ3n) is 2.66. The second-order valence-electron chi connectivity index (χ2n) is 3.79. The highest BCUT2D eigenvalue weighted by Crippen LogP contribution is 2.22. The zero-order valence-electron chi connectivity index (χ0n) is 8.93. The molecule has 2 rings (SSSR count). The lowest BCUT2D eigenvalue weighted by molar-refractivity contribution is -0.139. The zero-order chi connectivity index (χ0) is 12.4. The van der Waals surface area contributed by atoms with E-state index in [4.69, 9.17) is 10.2 Å². The Balaban J connectivity index is 2.46. The molecule has 0 aliphatic rings. The molecular formula is C11H12N2O4. The van der Waals surface area contributed by atoms with Crippen LogP contribution in [-0.4, -0.2) is 32.8 Å². The fourth-order valence-corrected chi connectivity index (χ4v) is 1.83. The Kier molecular flexibility index (Phi) is 2.97. The Morgan fingerprint density at radius 2 is 2.00 bits per heavy atom. The SMILES string of the molecule is O=C(O)C(CCO)c1ccc2[nH]c(=O)[nH]c2c1. The number of hydrogen-bond donors (Lipinski definition) is 4. The highest BCUT2D eigenvalue weighted by atomic mass is 16.4. The van der Waals surface area contributed by atoms with Gasteiger partial charge in [-0.3, -0.25) is 4.79 Å². The lowest BCUT2D eigenvalue weighted by Crippen LogP contribution is -2.13. The number of nitrogens with one attached hydrogen (secondary N) is 2. The number of carboxylic acids is 1. The maximum Gasteiger partial charge on any atom is 0.323 e. The van der Waals surface area contributed by atoms with Crippen molar-refractivity contribution in [2.45, 2.75) is 12.3 Å². The molecule has 0 fully saturated rings. The van der Waals surface area contributed by atoms with E-state index < -0.39 is 11.9 Å². The Morgan fingerprint density at radius 1 is 1.29 bits per heavy atom. The Bertz CT molecular complexity index is 599. The van der Waals surface area contributed by atoms with Gasteiger partial charge in [0.25, 0.3) is 0 Å². The minimum Gasteiger partial charge on any atom is -0.481 e. The number of aromatic nitrogens is 2. The van der Waals surface area contributed by atoms with Crippen molar-refractivity contribution in [2.24, 2.45) is 0 Å². The van der Waals surface area contributed by atoms with Crippen molar-refractivity contribution >= 4 is 17.0 Å². The van der Waals surface area contributed by atoms with Crippen LogP contribution in [0.3, 0.4) is 0 Å². The van der Waals surface area contributed by atoms with E-state index in [1.54, 1.807) is 18.2 Å². The number of benzene rings is 1. The molecule has 0 radical (unpaired) electrons. The molecule has 0 aliphatic heterocycles. The number of fused-ring (bicyclic) bond motifs is 1. The first-order valence-electron chi connectivity index (χ1n) is 5.17. The molecule has 90 valence electrons. The molecule has 1 unspecified atom stereocenters. The van der Waals surface area contributed by atoms with Crippen LogP contribution in [0, 0.1) is 0 Å². The minimum atomic E-state index is -0.990. The van der Waals surface area contributed by atoms with E-state index in [9.17, 15) is 9.59 Å². The number of imidazole rings is 1. The summed E-state index contributed by atoms with van der Waals surface area (Å²) in [5.74, 6) is -1.75. The maximum atomic E-state index is 11.1. The number of rotatable bonds is 4. The van der Waals surface area contributed by atoms with Gasteiger partial charge in [0, 0.05) is 6.61 Å². The molecule has 6 heteroatoms. The summed E-state index contributed by atoms with van der Waals surface area (Å²) in [5, 5.41) is 17.9. The van der Waals surface area contributed by atoms with Crippen LogP contribution < -0.4 is 5.69 Å². The number of aliphatic hydroxyl groups excluding tert-OH is 1. The molecule has 17 heavy (non-hydrogen) atoms. The van der Waals surface area contributed by atoms with E-state index in [-0.39, 0.29) is 18.7 Å². The van der Waals surface area contributed by atoms with Crippen LogP contribution in [0.25, 0.3) is 11.0 Å². The summed E-state index contributed by atoms with van der Waals surface area (Å²) in [6.45, 7) is -0.196. The molecule has 0 amide bonds. The van der Waals surface area contributed by atoms with Gasteiger partial charge >= 0.3 is 11.7 Å². The average Bonchev–Trinajstić information content (AvgIpc) is 2.64. The van der Waals surface area contributed by atoms with E-state index in [0.29, 0.717) is 16.6 Å². The van der Waals surface area contributed by atoms with Gasteiger partial charge in [-0.05, 0) is 24.1 Å². The topological polar surface area (TPSA) is 106 Å². The van der Waals surface area contributed by atoms with Crippen molar-refractivity contribution in [2.75, 3.05) is 6.61 Å². The third-order valence-corrected chi connectivity index (χ3v) is 2.66. The van der Waals surface area contributed by atoms with Crippen molar-refractivity contribution in [1.29, 1.82) is 0 Å². The second kappa shape index (κ2) is 4.42. The molecule has 0 spiro atoms. The zero-order valence-corrected chi connectivity index (χ0v) is 8.93. The smallest absolute Gasteiger partial charge is 0.323 e. The monoisotopic (exact) mass is 236 g/mol. The summed E-state index contributed by atoms with van der Waals surface area (Å²) in [5.41, 5.74) is 1.43. The predicted molar refractivity (Wildman–Crippen MR) is 61.0 cm³/mol. The Labute approximate surface area is 95.9 Å². The van der Waals surface area contributed by atoms with Crippen molar-refractivity contribution in [3.05, 3.63) is 34.2 Å². The highest BCUT2D eigenvalue weighted by molar-refractivity contribution is 5.80. The van der Waals surface area contributed by atoms with Crippen molar-refractivity contribution in [1.82, 2.24) is 9.97 Å². The number of carboxylic acid groups (broad SMARTS) is 1. The second-order valence-corrected chi connectivity index (χ2v) is 3.79. The first kappa shape index (κ1) is 11.4. The standard InChI is InChI=1S/C11H12N2O4/c14-4-3-7(10(15)16)6-1-2-8-9(5-6)13-11(17)12-8/h1-2,5,7,14H,3-4H2,(H,15,16)(H2,12,13,17). The summed E-state index contributed by atoms with van der Waals surface area (Å²) in [4.78, 5) is 27.2. The van der Waals surface area contributed by atoms with Gasteiger partial charge in [0.2, 0.25) is 0 Å². The van der Waals surface area contributed by atoms with E-state index in [1.165, 1.54) is 0 Å². The van der Waals surface area contributed by atoms with Gasteiger partial charge in [-0.25, -0.2) is 4.79 Å². The predicted octanol–water partition coefficient (Wildman–Crippen LogP) is 0.407. The van der Waals surface area contributed by atoms with Crippen LogP contribution >= 0.6 is 0 Å². The van der Waals surface area contributed by atoms with Crippen LogP contribution in [0.2, 0.25) is 0 Å². The molecule has 1 aromatic heterocycles. The van der Waals surface area contributed by atoms with E-state index >= 15 is 0 Å². The average molecular weight is 236 g/mol. The molecule has 0 saturated heterocycles. The van der Waals surface area contributed by atoms with Crippen LogP contribution in [0.5, 0.6) is 0 Å². The van der Waals surface area contributed by atoms with Crippen LogP contribution in [0.4, 0.5) is 0 Å². The first-order valence-corrected chi connectivity index (χ1v) is 5.17. The number of H-pyrrole nitrogens is 2. The van der Waals surface area contributed by atoms with Crippen molar-refractivity contribution < 1.29 is 15.0 Å². The third kappa shape index (κ3) is 2.21. The van der Waals surface area contributed by atoms with E-state index in [1.807, 2.05) is 0 Å². The number of aliphatic hydroxyl groups is 1. The highest BCUT2D eigenvalue weighted by Gasteiger charge is 2.19. The van der Waals surface area contributed by atoms with E-state index in [2.05, 4.69) is 9.97 Å². The van der Waals surface area contributed by atoms with Crippen molar-refractivity contribution in [3.8, 4) is 0 Å². The number of carbonyl (C=O) groups is 1. The molecule has 2 aromatic rings. The van der Waals surface area contributed by atoms with Gasteiger partial charge in [-0.2, -0.15) is 0 Å². The number of hydrogen-bond acceptors (Lipinski definition) is 3. The summed E-state index contributed by atoms with van der Waals surface area (Å²) < 4.78 is 0. The lowest BCUT2D eigenvalue weighted by Gasteiger charge is -2.10. The number of aromatic amines is 2. The van der Waals surface area contributed by atoms with Gasteiger partial charge < -0.3 is 20.2 Å². The Morgan fingerprint density at radius 3 is 2.65 bits per heavy atom. The van der Waals surface area contributed by atoms with Crippen LogP contribution in [0.15, 0.2) is 23.0 Å². The fourth-order valence-electron chi connectivity index (χ4n) is 1.83. The summed E-state index contributed by atoms with van der Waals surface area (Å²) in [6, 6.07) is 4.90. The van der Waals surface area contributed by atoms with Gasteiger partial charge in [0.15, 0.2) is 0 Å². The fraction of sp³-hybridized carbons (Fsp3) is 0.273. The molecule has 0 aliphatic carbocycles. The van der Waals surface area contributed by atoms with Crippen LogP contribution in [-0.2, 0) is 4.79 Å². The molecule has 1 atom stereocenters. The molecule has 0 bridgehead atoms.